The molecule has 1 aromatic heterocycles. The van der Waals surface area contributed by atoms with E-state index in [0.717, 1.165) is 8.95 Å². The highest BCUT2D eigenvalue weighted by molar-refractivity contribution is 9.11. The molecule has 124 valence electrons. The van der Waals surface area contributed by atoms with Crippen molar-refractivity contribution in [1.82, 2.24) is 0 Å². The Bertz CT molecular complexity index is 864. The van der Waals surface area contributed by atoms with Crippen LogP contribution in [0.4, 0.5) is 0 Å². The molecule has 1 heterocycles. The summed E-state index contributed by atoms with van der Waals surface area (Å²) in [6, 6.07) is 31.2. The van der Waals surface area contributed by atoms with E-state index in [1.807, 2.05) is 18.2 Å². The molecule has 0 saturated carbocycles. The van der Waals surface area contributed by atoms with Crippen LogP contribution in [0.3, 0.4) is 0 Å². The molecule has 3 heteroatoms. The lowest BCUT2D eigenvalue weighted by Crippen LogP contribution is -1.75. The van der Waals surface area contributed by atoms with Gasteiger partial charge in [-0.15, -0.1) is 11.3 Å². The summed E-state index contributed by atoms with van der Waals surface area (Å²) in [7, 11) is 0. The molecular weight excluding hydrogens is 456 g/mol. The summed E-state index contributed by atoms with van der Waals surface area (Å²) < 4.78 is 2.25. The SMILES string of the molecule is Brc1ccc(Br)c(-c2cccs2)c1.c1ccc(-c2ccccc2)cc1. The first kappa shape index (κ1) is 18.1. The van der Waals surface area contributed by atoms with Crippen LogP contribution in [0, 0.1) is 0 Å². The first-order chi connectivity index (χ1) is 12.2. The molecule has 0 aliphatic rings. The highest BCUT2D eigenvalue weighted by Gasteiger charge is 2.03. The van der Waals surface area contributed by atoms with E-state index < -0.39 is 0 Å². The number of halogens is 2. The van der Waals surface area contributed by atoms with Gasteiger partial charge in [0, 0.05) is 19.4 Å². The van der Waals surface area contributed by atoms with Gasteiger partial charge in [0.2, 0.25) is 0 Å². The summed E-state index contributed by atoms with van der Waals surface area (Å²) in [5.74, 6) is 0. The van der Waals surface area contributed by atoms with Crippen LogP contribution in [0.25, 0.3) is 21.6 Å². The molecule has 0 N–H and O–H groups in total. The molecule has 0 spiro atoms. The minimum Gasteiger partial charge on any atom is -0.144 e. The van der Waals surface area contributed by atoms with Gasteiger partial charge in [-0.3, -0.25) is 0 Å². The molecular formula is C22H16Br2S. The van der Waals surface area contributed by atoms with Gasteiger partial charge >= 0.3 is 0 Å². The standard InChI is InChI=1S/C12H10.C10H6Br2S/c1-3-7-11(8-4-1)12-9-5-2-6-10-12;11-7-3-4-9(12)8(6-7)10-2-1-5-13-10/h1-10H;1-6H. The quantitative estimate of drug-likeness (QED) is 0.275. The highest BCUT2D eigenvalue weighted by Crippen LogP contribution is 2.33. The lowest BCUT2D eigenvalue weighted by Gasteiger charge is -2.01. The molecule has 25 heavy (non-hydrogen) atoms. The van der Waals surface area contributed by atoms with Gasteiger partial charge in [-0.05, 0) is 40.8 Å². The Balaban J connectivity index is 0.000000146. The average molecular weight is 472 g/mol. The van der Waals surface area contributed by atoms with E-state index in [0.29, 0.717) is 0 Å². The van der Waals surface area contributed by atoms with Gasteiger partial charge in [0.1, 0.15) is 0 Å². The molecule has 4 rings (SSSR count). The second-order valence-corrected chi connectivity index (χ2v) is 8.05. The van der Waals surface area contributed by atoms with Crippen LogP contribution in [0.1, 0.15) is 0 Å². The lowest BCUT2D eigenvalue weighted by molar-refractivity contribution is 1.60. The Kier molecular flexibility index (Phi) is 6.62. The fourth-order valence-electron chi connectivity index (χ4n) is 2.38. The van der Waals surface area contributed by atoms with Crippen molar-refractivity contribution in [2.75, 3.05) is 0 Å². The Labute approximate surface area is 169 Å². The number of thiophene rings is 1. The fourth-order valence-corrected chi connectivity index (χ4v) is 4.09. The van der Waals surface area contributed by atoms with Crippen LogP contribution >= 0.6 is 43.2 Å². The Morgan fingerprint density at radius 3 is 1.72 bits per heavy atom. The van der Waals surface area contributed by atoms with Crippen LogP contribution in [0.2, 0.25) is 0 Å². The van der Waals surface area contributed by atoms with Crippen LogP contribution in [0.15, 0.2) is 105 Å². The monoisotopic (exact) mass is 470 g/mol. The van der Waals surface area contributed by atoms with Crippen molar-refractivity contribution in [3.8, 4) is 21.6 Å². The van der Waals surface area contributed by atoms with Gasteiger partial charge in [-0.25, -0.2) is 0 Å². The van der Waals surface area contributed by atoms with Gasteiger partial charge in [0.25, 0.3) is 0 Å². The van der Waals surface area contributed by atoms with Crippen molar-refractivity contribution in [1.29, 1.82) is 0 Å². The van der Waals surface area contributed by atoms with Crippen LogP contribution in [0.5, 0.6) is 0 Å². The highest BCUT2D eigenvalue weighted by atomic mass is 79.9. The van der Waals surface area contributed by atoms with Crippen molar-refractivity contribution in [2.24, 2.45) is 0 Å². The molecule has 0 aliphatic heterocycles. The Morgan fingerprint density at radius 1 is 0.600 bits per heavy atom. The zero-order chi connectivity index (χ0) is 17.5. The minimum atomic E-state index is 1.11. The van der Waals surface area contributed by atoms with E-state index in [1.165, 1.54) is 21.6 Å². The summed E-state index contributed by atoms with van der Waals surface area (Å²) in [6.45, 7) is 0. The molecule has 3 aromatic carbocycles. The molecule has 0 unspecified atom stereocenters. The molecule has 0 radical (unpaired) electrons. The molecule has 0 aliphatic carbocycles. The molecule has 0 bridgehead atoms. The molecule has 0 saturated heterocycles. The summed E-state index contributed by atoms with van der Waals surface area (Å²) in [4.78, 5) is 1.29. The van der Waals surface area contributed by atoms with E-state index in [1.54, 1.807) is 11.3 Å². The predicted molar refractivity (Wildman–Crippen MR) is 117 cm³/mol. The molecule has 0 atom stereocenters. The maximum atomic E-state index is 3.54. The maximum absolute atomic E-state index is 3.54. The van der Waals surface area contributed by atoms with E-state index in [4.69, 9.17) is 0 Å². The van der Waals surface area contributed by atoms with Crippen molar-refractivity contribution in [3.05, 3.63) is 105 Å². The van der Waals surface area contributed by atoms with Crippen molar-refractivity contribution >= 4 is 43.2 Å². The van der Waals surface area contributed by atoms with Crippen molar-refractivity contribution < 1.29 is 0 Å². The van der Waals surface area contributed by atoms with Gasteiger partial charge in [0.15, 0.2) is 0 Å². The van der Waals surface area contributed by atoms with Crippen molar-refractivity contribution in [2.45, 2.75) is 0 Å². The fraction of sp³-hybridized carbons (Fsp3) is 0. The topological polar surface area (TPSA) is 0 Å². The Hall–Kier alpha value is -1.68. The normalized spacial score (nSPS) is 10.0. The van der Waals surface area contributed by atoms with E-state index in [9.17, 15) is 0 Å². The average Bonchev–Trinajstić information content (AvgIpc) is 3.20. The first-order valence-electron chi connectivity index (χ1n) is 7.83. The molecule has 4 aromatic rings. The zero-order valence-corrected chi connectivity index (χ0v) is 17.4. The van der Waals surface area contributed by atoms with Gasteiger partial charge in [-0.2, -0.15) is 0 Å². The summed E-state index contributed by atoms with van der Waals surface area (Å²) in [5.41, 5.74) is 3.79. The lowest BCUT2D eigenvalue weighted by atomic mass is 10.1. The number of hydrogen-bond donors (Lipinski definition) is 0. The second-order valence-electron chi connectivity index (χ2n) is 5.33. The first-order valence-corrected chi connectivity index (χ1v) is 10.3. The second kappa shape index (κ2) is 9.14. The zero-order valence-electron chi connectivity index (χ0n) is 13.4. The summed E-state index contributed by atoms with van der Waals surface area (Å²) >= 11 is 8.75. The van der Waals surface area contributed by atoms with Gasteiger partial charge in [-0.1, -0.05) is 98.6 Å². The predicted octanol–water partition coefficient (Wildman–Crippen LogP) is 8.29. The number of hydrogen-bond acceptors (Lipinski definition) is 1. The third-order valence-electron chi connectivity index (χ3n) is 3.60. The van der Waals surface area contributed by atoms with E-state index in [2.05, 4.69) is 110 Å². The van der Waals surface area contributed by atoms with Crippen LogP contribution < -0.4 is 0 Å². The maximum Gasteiger partial charge on any atom is 0.0354 e. The minimum absolute atomic E-state index is 1.11. The van der Waals surface area contributed by atoms with Crippen LogP contribution in [-0.2, 0) is 0 Å². The van der Waals surface area contributed by atoms with Gasteiger partial charge in [0.05, 0.1) is 0 Å². The molecule has 0 fully saturated rings. The molecule has 0 nitrogen and oxygen atoms in total. The largest absolute Gasteiger partial charge is 0.144 e. The van der Waals surface area contributed by atoms with E-state index >= 15 is 0 Å². The summed E-state index contributed by atoms with van der Waals surface area (Å²) in [5, 5.41) is 2.09. The van der Waals surface area contributed by atoms with E-state index in [-0.39, 0.29) is 0 Å². The van der Waals surface area contributed by atoms with Gasteiger partial charge < -0.3 is 0 Å². The third-order valence-corrected chi connectivity index (χ3v) is 5.68. The number of benzene rings is 3. The van der Waals surface area contributed by atoms with Crippen LogP contribution in [-0.4, -0.2) is 0 Å². The smallest absolute Gasteiger partial charge is 0.0354 e. The van der Waals surface area contributed by atoms with Crippen molar-refractivity contribution in [3.63, 3.8) is 0 Å². The summed E-state index contributed by atoms with van der Waals surface area (Å²) in [6.07, 6.45) is 0. The Morgan fingerprint density at radius 2 is 1.20 bits per heavy atom. The number of rotatable bonds is 2. The third kappa shape index (κ3) is 5.15. The molecule has 0 amide bonds.